The van der Waals surface area contributed by atoms with E-state index >= 15 is 0 Å². The van der Waals surface area contributed by atoms with Gasteiger partial charge in [0.25, 0.3) is 0 Å². The van der Waals surface area contributed by atoms with Gasteiger partial charge >= 0.3 is 0 Å². The number of ether oxygens (including phenoxy) is 1. The average molecular weight is 387 g/mol. The Morgan fingerprint density at radius 3 is 2.64 bits per heavy atom. The number of guanidine groups is 1. The molecule has 0 aliphatic heterocycles. The first kappa shape index (κ1) is 22.0. The zero-order valence-electron chi connectivity index (χ0n) is 17.4. The number of benzene rings is 1. The van der Waals surface area contributed by atoms with Crippen molar-refractivity contribution in [2.45, 2.75) is 58.6 Å². The molecule has 0 unspecified atom stereocenters. The number of aromatic nitrogens is 1. The molecule has 6 nitrogen and oxygen atoms in total. The molecular formula is C22H34N4O2. The summed E-state index contributed by atoms with van der Waals surface area (Å²) in [4.78, 5) is 4.25. The Bertz CT molecular complexity index is 681. The van der Waals surface area contributed by atoms with E-state index in [9.17, 15) is 0 Å². The second-order valence-corrected chi connectivity index (χ2v) is 6.83. The monoisotopic (exact) mass is 386 g/mol. The number of hydrogen-bond acceptors (Lipinski definition) is 4. The summed E-state index contributed by atoms with van der Waals surface area (Å²) in [5, 5.41) is 10.8. The first-order chi connectivity index (χ1) is 13.8. The average Bonchev–Trinajstić information content (AvgIpc) is 3.20. The van der Waals surface area contributed by atoms with E-state index in [0.29, 0.717) is 19.1 Å². The van der Waals surface area contributed by atoms with Gasteiger partial charge in [-0.15, -0.1) is 0 Å². The van der Waals surface area contributed by atoms with E-state index in [4.69, 9.17) is 9.26 Å². The SMILES string of the molecule is CCC(CC)c1cc(CNC(=NC)NCCCCOCc2ccccc2)on1. The first-order valence-electron chi connectivity index (χ1n) is 10.3. The van der Waals surface area contributed by atoms with Crippen LogP contribution in [0.15, 0.2) is 45.9 Å². The van der Waals surface area contributed by atoms with Crippen LogP contribution in [-0.4, -0.2) is 31.3 Å². The Hall–Kier alpha value is -2.34. The van der Waals surface area contributed by atoms with Crippen LogP contribution in [0.1, 0.15) is 62.5 Å². The first-order valence-corrected chi connectivity index (χ1v) is 10.3. The smallest absolute Gasteiger partial charge is 0.191 e. The molecule has 2 N–H and O–H groups in total. The van der Waals surface area contributed by atoms with Crippen molar-refractivity contribution < 1.29 is 9.26 Å². The maximum atomic E-state index is 5.71. The van der Waals surface area contributed by atoms with Crippen LogP contribution in [0.2, 0.25) is 0 Å². The second-order valence-electron chi connectivity index (χ2n) is 6.83. The lowest BCUT2D eigenvalue weighted by molar-refractivity contribution is 0.117. The third-order valence-electron chi connectivity index (χ3n) is 4.75. The van der Waals surface area contributed by atoms with Gasteiger partial charge in [-0.05, 0) is 31.2 Å². The van der Waals surface area contributed by atoms with Crippen LogP contribution < -0.4 is 10.6 Å². The molecule has 1 heterocycles. The van der Waals surface area contributed by atoms with E-state index in [1.807, 2.05) is 24.3 Å². The Kier molecular flexibility index (Phi) is 10.1. The van der Waals surface area contributed by atoms with Crippen LogP contribution >= 0.6 is 0 Å². The molecule has 0 bridgehead atoms. The maximum Gasteiger partial charge on any atom is 0.191 e. The van der Waals surface area contributed by atoms with E-state index in [0.717, 1.165) is 56.2 Å². The molecule has 0 saturated heterocycles. The van der Waals surface area contributed by atoms with E-state index < -0.39 is 0 Å². The molecule has 0 aliphatic rings. The number of nitrogens with zero attached hydrogens (tertiary/aromatic N) is 2. The molecule has 0 amide bonds. The second kappa shape index (κ2) is 12.9. The molecule has 0 fully saturated rings. The number of nitrogens with one attached hydrogen (secondary N) is 2. The van der Waals surface area contributed by atoms with Gasteiger partial charge in [-0.25, -0.2) is 0 Å². The minimum atomic E-state index is 0.471. The van der Waals surface area contributed by atoms with Gasteiger partial charge in [-0.2, -0.15) is 0 Å². The van der Waals surface area contributed by atoms with Crippen molar-refractivity contribution in [3.63, 3.8) is 0 Å². The van der Waals surface area contributed by atoms with Crippen molar-refractivity contribution >= 4 is 5.96 Å². The lowest BCUT2D eigenvalue weighted by atomic mass is 9.99. The van der Waals surface area contributed by atoms with Gasteiger partial charge in [-0.1, -0.05) is 49.3 Å². The van der Waals surface area contributed by atoms with Gasteiger partial charge < -0.3 is 19.9 Å². The van der Waals surface area contributed by atoms with E-state index in [1.54, 1.807) is 7.05 Å². The summed E-state index contributed by atoms with van der Waals surface area (Å²) >= 11 is 0. The fraction of sp³-hybridized carbons (Fsp3) is 0.545. The van der Waals surface area contributed by atoms with Crippen LogP contribution in [-0.2, 0) is 17.9 Å². The summed E-state index contributed by atoms with van der Waals surface area (Å²) in [5.74, 6) is 2.07. The topological polar surface area (TPSA) is 71.7 Å². The highest BCUT2D eigenvalue weighted by molar-refractivity contribution is 5.79. The summed E-state index contributed by atoms with van der Waals surface area (Å²) in [6, 6.07) is 12.3. The number of rotatable bonds is 12. The molecule has 0 spiro atoms. The largest absolute Gasteiger partial charge is 0.377 e. The van der Waals surface area contributed by atoms with Crippen molar-refractivity contribution in [1.82, 2.24) is 15.8 Å². The molecule has 0 aliphatic carbocycles. The number of aliphatic imine (C=N–C) groups is 1. The highest BCUT2D eigenvalue weighted by atomic mass is 16.5. The summed E-state index contributed by atoms with van der Waals surface area (Å²) in [5.41, 5.74) is 2.25. The van der Waals surface area contributed by atoms with Gasteiger partial charge in [0.15, 0.2) is 11.7 Å². The molecular weight excluding hydrogens is 352 g/mol. The van der Waals surface area contributed by atoms with Gasteiger partial charge in [0.2, 0.25) is 0 Å². The molecule has 1 aromatic carbocycles. The lowest BCUT2D eigenvalue weighted by Gasteiger charge is -2.10. The normalized spacial score (nSPS) is 11.8. The zero-order chi connectivity index (χ0) is 20.0. The molecule has 0 atom stereocenters. The number of unbranched alkanes of at least 4 members (excludes halogenated alkanes) is 1. The Labute approximate surface area is 168 Å². The van der Waals surface area contributed by atoms with Gasteiger partial charge in [0.05, 0.1) is 18.8 Å². The summed E-state index contributed by atoms with van der Waals surface area (Å²) in [7, 11) is 1.77. The van der Waals surface area contributed by atoms with E-state index in [1.165, 1.54) is 5.56 Å². The Balaban J connectivity index is 1.57. The molecule has 28 heavy (non-hydrogen) atoms. The van der Waals surface area contributed by atoms with Gasteiger partial charge in [-0.3, -0.25) is 4.99 Å². The predicted octanol–water partition coefficient (Wildman–Crippen LogP) is 4.24. The van der Waals surface area contributed by atoms with Crippen LogP contribution in [0.4, 0.5) is 0 Å². The predicted molar refractivity (Wildman–Crippen MR) is 113 cm³/mol. The lowest BCUT2D eigenvalue weighted by Crippen LogP contribution is -2.37. The van der Waals surface area contributed by atoms with E-state index in [-0.39, 0.29) is 0 Å². The molecule has 6 heteroatoms. The quantitative estimate of drug-likeness (QED) is 0.324. The van der Waals surface area contributed by atoms with E-state index in [2.05, 4.69) is 46.8 Å². The van der Waals surface area contributed by atoms with Gasteiger partial charge in [0.1, 0.15) is 0 Å². The minimum absolute atomic E-state index is 0.471. The highest BCUT2D eigenvalue weighted by Crippen LogP contribution is 2.22. The molecule has 154 valence electrons. The summed E-state index contributed by atoms with van der Waals surface area (Å²) in [6.07, 6.45) is 4.19. The highest BCUT2D eigenvalue weighted by Gasteiger charge is 2.13. The third-order valence-corrected chi connectivity index (χ3v) is 4.75. The maximum absolute atomic E-state index is 5.71. The minimum Gasteiger partial charge on any atom is -0.377 e. The number of hydrogen-bond donors (Lipinski definition) is 2. The Morgan fingerprint density at radius 1 is 1.14 bits per heavy atom. The zero-order valence-corrected chi connectivity index (χ0v) is 17.4. The summed E-state index contributed by atoms with van der Waals surface area (Å²) in [6.45, 7) is 7.22. The fourth-order valence-electron chi connectivity index (χ4n) is 3.00. The van der Waals surface area contributed by atoms with Crippen molar-refractivity contribution in [1.29, 1.82) is 0 Å². The van der Waals surface area contributed by atoms with Crippen molar-refractivity contribution in [2.24, 2.45) is 4.99 Å². The van der Waals surface area contributed by atoms with Crippen LogP contribution in [0.3, 0.4) is 0 Å². The third kappa shape index (κ3) is 7.72. The van der Waals surface area contributed by atoms with Crippen LogP contribution in [0.25, 0.3) is 0 Å². The van der Waals surface area contributed by atoms with Crippen LogP contribution in [0.5, 0.6) is 0 Å². The molecule has 2 aromatic rings. The fourth-order valence-corrected chi connectivity index (χ4v) is 3.00. The molecule has 0 saturated carbocycles. The van der Waals surface area contributed by atoms with Crippen LogP contribution in [0, 0.1) is 0 Å². The van der Waals surface area contributed by atoms with Crippen molar-refractivity contribution in [3.05, 3.63) is 53.4 Å². The van der Waals surface area contributed by atoms with Crippen molar-refractivity contribution in [2.75, 3.05) is 20.2 Å². The molecule has 1 aromatic heterocycles. The molecule has 2 rings (SSSR count). The Morgan fingerprint density at radius 2 is 1.93 bits per heavy atom. The standard InChI is InChI=1S/C22H34N4O2/c1-4-19(5-2)21-15-20(28-26-21)16-25-22(23-3)24-13-9-10-14-27-17-18-11-7-6-8-12-18/h6-8,11-12,15,19H,4-5,9-10,13-14,16-17H2,1-3H3,(H2,23,24,25). The summed E-state index contributed by atoms with van der Waals surface area (Å²) < 4.78 is 11.1. The molecule has 0 radical (unpaired) electrons. The van der Waals surface area contributed by atoms with Crippen molar-refractivity contribution in [3.8, 4) is 0 Å². The van der Waals surface area contributed by atoms with Gasteiger partial charge in [0, 0.05) is 32.2 Å².